The maximum atomic E-state index is 3.34. The van der Waals surface area contributed by atoms with Gasteiger partial charge in [-0.15, -0.1) is 0 Å². The molecule has 0 amide bonds. The Morgan fingerprint density at radius 3 is 2.77 bits per heavy atom. The van der Waals surface area contributed by atoms with Crippen LogP contribution in [-0.4, -0.2) is 13.1 Å². The average molecular weight is 174 g/mol. The molecule has 0 spiro atoms. The van der Waals surface area contributed by atoms with Gasteiger partial charge in [-0.3, -0.25) is 0 Å². The number of nitrogens with one attached hydrogen (secondary N) is 1. The van der Waals surface area contributed by atoms with Gasteiger partial charge in [-0.2, -0.15) is 0 Å². The molecule has 13 heavy (non-hydrogen) atoms. The van der Waals surface area contributed by atoms with Crippen LogP contribution < -0.4 is 5.32 Å². The third kappa shape index (κ3) is 2.56. The third-order valence-corrected chi connectivity index (χ3v) is 2.63. The molecule has 1 saturated heterocycles. The van der Waals surface area contributed by atoms with E-state index in [1.54, 1.807) is 0 Å². The van der Waals surface area contributed by atoms with Crippen molar-refractivity contribution in [1.29, 1.82) is 0 Å². The zero-order chi connectivity index (χ0) is 8.93. The van der Waals surface area contributed by atoms with Gasteiger partial charge in [0, 0.05) is 0 Å². The van der Waals surface area contributed by atoms with Gasteiger partial charge in [-0.25, -0.2) is 0 Å². The average Bonchev–Trinajstić information content (AvgIpc) is 2.21. The molecular weight excluding hydrogens is 158 g/mol. The molecule has 1 heteroatoms. The molecule has 1 aliphatic heterocycles. The fourth-order valence-corrected chi connectivity index (χ4v) is 1.86. The summed E-state index contributed by atoms with van der Waals surface area (Å²) in [6.07, 6.45) is 4.90. The monoisotopic (exact) mass is 174 g/mol. The minimum Gasteiger partial charge on any atom is -0.316 e. The summed E-state index contributed by atoms with van der Waals surface area (Å²) in [5.74, 6) is 0.781. The quantitative estimate of drug-likeness (QED) is 0.723. The molecule has 1 nitrogen and oxygen atoms in total. The normalized spacial score (nSPS) is 18.8. The van der Waals surface area contributed by atoms with Crippen LogP contribution in [0.4, 0.5) is 0 Å². The molecule has 0 bridgehead atoms. The number of hydrogen-bond acceptors (Lipinski definition) is 1. The lowest BCUT2D eigenvalue weighted by Crippen LogP contribution is -2.29. The van der Waals surface area contributed by atoms with Crippen molar-refractivity contribution in [1.82, 2.24) is 5.32 Å². The van der Waals surface area contributed by atoms with E-state index < -0.39 is 0 Å². The summed E-state index contributed by atoms with van der Waals surface area (Å²) in [6, 6.07) is 10.8. The van der Waals surface area contributed by atoms with Crippen molar-refractivity contribution in [3.8, 4) is 0 Å². The van der Waals surface area contributed by atoms with Gasteiger partial charge < -0.3 is 5.32 Å². The maximum Gasteiger partial charge on any atom is -0.00145 e. The second kappa shape index (κ2) is 4.43. The van der Waals surface area contributed by atoms with Crippen LogP contribution in [0.25, 0.3) is 0 Å². The molecular formula is C12H16N. The summed E-state index contributed by atoms with van der Waals surface area (Å²) in [6.45, 7) is 2.26. The van der Waals surface area contributed by atoms with Crippen molar-refractivity contribution in [3.05, 3.63) is 42.3 Å². The molecule has 1 aliphatic rings. The number of piperidine rings is 1. The largest absolute Gasteiger partial charge is 0.316 e. The highest BCUT2D eigenvalue weighted by Gasteiger charge is 2.12. The van der Waals surface area contributed by atoms with Gasteiger partial charge in [0.25, 0.3) is 0 Å². The minimum atomic E-state index is 0.781. The van der Waals surface area contributed by atoms with Gasteiger partial charge in [-0.05, 0) is 43.8 Å². The molecule has 1 aromatic rings. The predicted octanol–water partition coefficient (Wildman–Crippen LogP) is 2.04. The van der Waals surface area contributed by atoms with Gasteiger partial charge in [-0.1, -0.05) is 30.3 Å². The molecule has 1 fully saturated rings. The van der Waals surface area contributed by atoms with E-state index in [1.807, 2.05) is 0 Å². The van der Waals surface area contributed by atoms with Crippen molar-refractivity contribution >= 4 is 0 Å². The first-order chi connectivity index (χ1) is 6.45. The van der Waals surface area contributed by atoms with E-state index in [-0.39, 0.29) is 0 Å². The van der Waals surface area contributed by atoms with Crippen molar-refractivity contribution in [2.75, 3.05) is 13.1 Å². The van der Waals surface area contributed by atoms with E-state index >= 15 is 0 Å². The Balaban J connectivity index is 1.90. The molecule has 1 radical (unpaired) electrons. The van der Waals surface area contributed by atoms with Crippen molar-refractivity contribution in [2.45, 2.75) is 12.8 Å². The van der Waals surface area contributed by atoms with E-state index in [0.29, 0.717) is 0 Å². The van der Waals surface area contributed by atoms with E-state index in [0.717, 1.165) is 12.5 Å². The smallest absolute Gasteiger partial charge is 0.00145 e. The fraction of sp³-hybridized carbons (Fsp3) is 0.417. The predicted molar refractivity (Wildman–Crippen MR) is 55.4 cm³/mol. The van der Waals surface area contributed by atoms with Crippen LogP contribution in [0.1, 0.15) is 12.0 Å². The fourth-order valence-electron chi connectivity index (χ4n) is 1.86. The van der Waals surface area contributed by atoms with Crippen LogP contribution in [0.5, 0.6) is 0 Å². The zero-order valence-electron chi connectivity index (χ0n) is 7.87. The van der Waals surface area contributed by atoms with Crippen molar-refractivity contribution in [3.63, 3.8) is 0 Å². The Labute approximate surface area is 80.2 Å². The topological polar surface area (TPSA) is 12.0 Å². The molecule has 0 aliphatic carbocycles. The molecule has 1 atom stereocenters. The molecule has 2 rings (SSSR count). The number of hydrogen-bond donors (Lipinski definition) is 1. The Morgan fingerprint density at radius 2 is 2.08 bits per heavy atom. The summed E-state index contributed by atoms with van der Waals surface area (Å²) in [5.41, 5.74) is 1.46. The Morgan fingerprint density at radius 1 is 1.23 bits per heavy atom. The van der Waals surface area contributed by atoms with Gasteiger partial charge in [0.1, 0.15) is 0 Å². The lowest BCUT2D eigenvalue weighted by molar-refractivity contribution is 0.458. The minimum absolute atomic E-state index is 0.781. The number of benzene rings is 1. The number of rotatable bonds is 2. The molecule has 1 N–H and O–H groups in total. The van der Waals surface area contributed by atoms with Crippen LogP contribution >= 0.6 is 0 Å². The van der Waals surface area contributed by atoms with Crippen LogP contribution in [0.15, 0.2) is 30.3 Å². The lowest BCUT2D eigenvalue weighted by Gasteiger charge is -2.22. The standard InChI is InChI=1S/C12H16N/c1-2-4-11(5-3-1)10-12-6-8-13-9-7-12/h1-6,12-13H,7-10H2. The first-order valence-electron chi connectivity index (χ1n) is 5.03. The highest BCUT2D eigenvalue weighted by atomic mass is 14.9. The lowest BCUT2D eigenvalue weighted by atomic mass is 9.91. The summed E-state index contributed by atoms with van der Waals surface area (Å²) in [7, 11) is 0. The first kappa shape index (κ1) is 8.76. The molecule has 69 valence electrons. The summed E-state index contributed by atoms with van der Waals surface area (Å²) in [5, 5.41) is 3.34. The van der Waals surface area contributed by atoms with Crippen LogP contribution in [0.2, 0.25) is 0 Å². The van der Waals surface area contributed by atoms with E-state index in [9.17, 15) is 0 Å². The van der Waals surface area contributed by atoms with Crippen LogP contribution in [-0.2, 0) is 6.42 Å². The van der Waals surface area contributed by atoms with E-state index in [2.05, 4.69) is 42.1 Å². The van der Waals surface area contributed by atoms with Gasteiger partial charge in [0.05, 0.1) is 0 Å². The Kier molecular flexibility index (Phi) is 2.98. The zero-order valence-corrected chi connectivity index (χ0v) is 7.87. The molecule has 1 aromatic carbocycles. The first-order valence-corrected chi connectivity index (χ1v) is 5.03. The molecule has 0 saturated carbocycles. The maximum absolute atomic E-state index is 3.34. The van der Waals surface area contributed by atoms with Crippen LogP contribution in [0, 0.1) is 12.3 Å². The van der Waals surface area contributed by atoms with Gasteiger partial charge in [0.15, 0.2) is 0 Å². The van der Waals surface area contributed by atoms with Crippen LogP contribution in [0.3, 0.4) is 0 Å². The third-order valence-electron chi connectivity index (χ3n) is 2.63. The Hall–Kier alpha value is -0.820. The Bertz CT molecular complexity index is 237. The van der Waals surface area contributed by atoms with Gasteiger partial charge in [0.2, 0.25) is 0 Å². The summed E-state index contributed by atoms with van der Waals surface area (Å²) >= 11 is 0. The molecule has 1 heterocycles. The second-order valence-electron chi connectivity index (χ2n) is 3.68. The van der Waals surface area contributed by atoms with Crippen molar-refractivity contribution in [2.24, 2.45) is 5.92 Å². The SMILES string of the molecule is [CH]1CNCCC1Cc1ccccc1. The highest BCUT2D eigenvalue weighted by molar-refractivity contribution is 5.16. The van der Waals surface area contributed by atoms with Crippen molar-refractivity contribution < 1.29 is 0 Å². The van der Waals surface area contributed by atoms with Gasteiger partial charge >= 0.3 is 0 Å². The molecule has 1 unspecified atom stereocenters. The summed E-state index contributed by atoms with van der Waals surface area (Å²) in [4.78, 5) is 0. The second-order valence-corrected chi connectivity index (χ2v) is 3.68. The highest BCUT2D eigenvalue weighted by Crippen LogP contribution is 2.16. The summed E-state index contributed by atoms with van der Waals surface area (Å²) < 4.78 is 0. The van der Waals surface area contributed by atoms with E-state index in [1.165, 1.54) is 24.9 Å². The molecule has 0 aromatic heterocycles. The van der Waals surface area contributed by atoms with E-state index in [4.69, 9.17) is 0 Å².